The lowest BCUT2D eigenvalue weighted by atomic mass is 10.2. The minimum atomic E-state index is -0.0403. The van der Waals surface area contributed by atoms with Crippen LogP contribution in [0.4, 0.5) is 0 Å². The van der Waals surface area contributed by atoms with Crippen molar-refractivity contribution in [3.63, 3.8) is 0 Å². The molecule has 7 heteroatoms. The van der Waals surface area contributed by atoms with Crippen LogP contribution in [-0.4, -0.2) is 69.5 Å². The fourth-order valence-corrected chi connectivity index (χ4v) is 5.02. The highest BCUT2D eigenvalue weighted by Crippen LogP contribution is 2.24. The molecule has 0 atom stereocenters. The van der Waals surface area contributed by atoms with E-state index in [2.05, 4.69) is 50.0 Å². The molecule has 1 saturated heterocycles. The van der Waals surface area contributed by atoms with Gasteiger partial charge in [0.25, 0.3) is 5.91 Å². The number of hydrogen-bond donors (Lipinski definition) is 1. The minimum absolute atomic E-state index is 0.0403. The number of nitrogens with zero attached hydrogens (tertiary/aromatic N) is 5. The average molecular weight is 447 g/mol. The van der Waals surface area contributed by atoms with Gasteiger partial charge in [-0.25, -0.2) is 9.97 Å². The third-order valence-corrected chi connectivity index (χ3v) is 6.86. The topological polar surface area (TPSA) is 66.3 Å². The maximum absolute atomic E-state index is 13.1. The molecule has 0 radical (unpaired) electrons. The molecule has 174 valence electrons. The highest BCUT2D eigenvalue weighted by molar-refractivity contribution is 6.04. The van der Waals surface area contributed by atoms with Crippen molar-refractivity contribution in [1.29, 1.82) is 0 Å². The Morgan fingerprint density at radius 2 is 1.76 bits per heavy atom. The molecule has 0 saturated carbocycles. The zero-order chi connectivity index (χ0) is 22.6. The molecule has 1 fully saturated rings. The number of carbonyl (C=O) groups excluding carboxylic acids is 1. The van der Waals surface area contributed by atoms with Crippen molar-refractivity contribution in [2.75, 3.05) is 39.3 Å². The lowest BCUT2D eigenvalue weighted by Gasteiger charge is -2.34. The number of fused-ring (bicyclic) bond motifs is 3. The number of rotatable bonds is 6. The van der Waals surface area contributed by atoms with Gasteiger partial charge in [0.05, 0.1) is 5.56 Å². The summed E-state index contributed by atoms with van der Waals surface area (Å²) in [7, 11) is 0. The Bertz CT molecular complexity index is 1100. The van der Waals surface area contributed by atoms with E-state index in [-0.39, 0.29) is 5.91 Å². The van der Waals surface area contributed by atoms with Crippen LogP contribution >= 0.6 is 0 Å². The first kappa shape index (κ1) is 22.0. The summed E-state index contributed by atoms with van der Waals surface area (Å²) in [5.74, 6) is 1.03. The standard InChI is InChI=1S/C26H34N6O/c1-20-18-22(24-25(28-20)32-12-7-3-6-10-23(32)29-24)26(33)27-11-13-30-14-16-31(17-15-30)19-21-8-4-2-5-9-21/h2,4-5,8-9,18H,3,6-7,10-17,19H2,1H3,(H,27,33). The number of aryl methyl sites for hydroxylation is 3. The van der Waals surface area contributed by atoms with Crippen LogP contribution in [0.15, 0.2) is 36.4 Å². The first-order chi connectivity index (χ1) is 16.2. The van der Waals surface area contributed by atoms with Gasteiger partial charge in [-0.2, -0.15) is 0 Å². The van der Waals surface area contributed by atoms with Crippen molar-refractivity contribution in [1.82, 2.24) is 29.7 Å². The summed E-state index contributed by atoms with van der Waals surface area (Å²) in [6.45, 7) is 9.63. The normalized spacial score (nSPS) is 17.6. The first-order valence-corrected chi connectivity index (χ1v) is 12.3. The van der Waals surface area contributed by atoms with Gasteiger partial charge in [-0.3, -0.25) is 14.6 Å². The molecule has 0 unspecified atom stereocenters. The molecule has 5 rings (SSSR count). The van der Waals surface area contributed by atoms with Crippen LogP contribution in [0.3, 0.4) is 0 Å². The van der Waals surface area contributed by atoms with Gasteiger partial charge in [-0.05, 0) is 31.4 Å². The molecule has 2 aliphatic rings. The Balaban J connectivity index is 1.16. The van der Waals surface area contributed by atoms with E-state index >= 15 is 0 Å². The van der Waals surface area contributed by atoms with Gasteiger partial charge in [0.15, 0.2) is 5.65 Å². The molecular weight excluding hydrogens is 412 g/mol. The number of imidazole rings is 1. The summed E-state index contributed by atoms with van der Waals surface area (Å²) in [5, 5.41) is 3.14. The van der Waals surface area contributed by atoms with Gasteiger partial charge in [0.1, 0.15) is 11.3 Å². The predicted octanol–water partition coefficient (Wildman–Crippen LogP) is 3.01. The third-order valence-electron chi connectivity index (χ3n) is 6.86. The zero-order valence-corrected chi connectivity index (χ0v) is 19.6. The number of aromatic nitrogens is 3. The lowest BCUT2D eigenvalue weighted by molar-refractivity contribution is 0.0935. The number of carbonyl (C=O) groups is 1. The number of pyridine rings is 1. The van der Waals surface area contributed by atoms with E-state index in [1.54, 1.807) is 0 Å². The number of benzene rings is 1. The van der Waals surface area contributed by atoms with Crippen molar-refractivity contribution >= 4 is 17.1 Å². The van der Waals surface area contributed by atoms with Crippen LogP contribution in [0.2, 0.25) is 0 Å². The second-order valence-electron chi connectivity index (χ2n) is 9.33. The van der Waals surface area contributed by atoms with Crippen molar-refractivity contribution < 1.29 is 4.79 Å². The van der Waals surface area contributed by atoms with Crippen LogP contribution in [0.25, 0.3) is 11.2 Å². The van der Waals surface area contributed by atoms with Gasteiger partial charge in [0, 0.05) is 64.5 Å². The minimum Gasteiger partial charge on any atom is -0.351 e. The summed E-state index contributed by atoms with van der Waals surface area (Å²) in [6.07, 6.45) is 4.49. The van der Waals surface area contributed by atoms with Crippen molar-refractivity contribution in [2.24, 2.45) is 0 Å². The van der Waals surface area contributed by atoms with Crippen LogP contribution in [0.1, 0.15) is 46.7 Å². The van der Waals surface area contributed by atoms with Crippen molar-refractivity contribution in [3.05, 3.63) is 59.0 Å². The van der Waals surface area contributed by atoms with Gasteiger partial charge in [-0.1, -0.05) is 36.8 Å². The first-order valence-electron chi connectivity index (χ1n) is 12.3. The molecule has 3 aromatic rings. The molecule has 7 nitrogen and oxygen atoms in total. The summed E-state index contributed by atoms with van der Waals surface area (Å²) >= 11 is 0. The van der Waals surface area contributed by atoms with Gasteiger partial charge < -0.3 is 9.88 Å². The average Bonchev–Trinajstić information content (AvgIpc) is 3.00. The van der Waals surface area contributed by atoms with E-state index in [0.29, 0.717) is 12.1 Å². The molecule has 2 aliphatic heterocycles. The molecule has 33 heavy (non-hydrogen) atoms. The summed E-state index contributed by atoms with van der Waals surface area (Å²) in [4.78, 5) is 27.6. The molecule has 0 bridgehead atoms. The second-order valence-corrected chi connectivity index (χ2v) is 9.33. The third kappa shape index (κ3) is 5.09. The highest BCUT2D eigenvalue weighted by atomic mass is 16.1. The lowest BCUT2D eigenvalue weighted by Crippen LogP contribution is -2.48. The molecule has 1 N–H and O–H groups in total. The number of piperazine rings is 1. The highest BCUT2D eigenvalue weighted by Gasteiger charge is 2.21. The fourth-order valence-electron chi connectivity index (χ4n) is 5.02. The molecule has 0 aliphatic carbocycles. The number of nitrogens with one attached hydrogen (secondary N) is 1. The van der Waals surface area contributed by atoms with Crippen LogP contribution in [-0.2, 0) is 19.5 Å². The Hall–Kier alpha value is -2.77. The Morgan fingerprint density at radius 1 is 0.970 bits per heavy atom. The van der Waals surface area contributed by atoms with Gasteiger partial charge in [-0.15, -0.1) is 0 Å². The van der Waals surface area contributed by atoms with E-state index in [1.165, 1.54) is 12.0 Å². The van der Waals surface area contributed by atoms with E-state index in [9.17, 15) is 4.79 Å². The molecule has 1 aromatic carbocycles. The zero-order valence-electron chi connectivity index (χ0n) is 19.6. The molecule has 4 heterocycles. The largest absolute Gasteiger partial charge is 0.351 e. The Morgan fingerprint density at radius 3 is 2.58 bits per heavy atom. The van der Waals surface area contributed by atoms with Gasteiger partial charge >= 0.3 is 0 Å². The monoisotopic (exact) mass is 446 g/mol. The Labute approximate surface area is 195 Å². The summed E-state index contributed by atoms with van der Waals surface area (Å²) < 4.78 is 2.22. The predicted molar refractivity (Wildman–Crippen MR) is 130 cm³/mol. The molecule has 1 amide bonds. The van der Waals surface area contributed by atoms with E-state index in [0.717, 1.165) is 87.8 Å². The molecular formula is C26H34N6O. The number of amides is 1. The maximum atomic E-state index is 13.1. The van der Waals surface area contributed by atoms with Crippen molar-refractivity contribution in [2.45, 2.75) is 45.7 Å². The van der Waals surface area contributed by atoms with Crippen molar-refractivity contribution in [3.8, 4) is 0 Å². The quantitative estimate of drug-likeness (QED) is 0.631. The van der Waals surface area contributed by atoms with E-state index in [4.69, 9.17) is 9.97 Å². The van der Waals surface area contributed by atoms with E-state index in [1.807, 2.05) is 13.0 Å². The van der Waals surface area contributed by atoms with Gasteiger partial charge in [0.2, 0.25) is 0 Å². The SMILES string of the molecule is Cc1cc(C(=O)NCCN2CCN(Cc3ccccc3)CC2)c2nc3n(c2n1)CCCCC3. The Kier molecular flexibility index (Phi) is 6.69. The maximum Gasteiger partial charge on any atom is 0.253 e. The van der Waals surface area contributed by atoms with Crippen LogP contribution in [0, 0.1) is 6.92 Å². The summed E-state index contributed by atoms with van der Waals surface area (Å²) in [5.41, 5.74) is 4.52. The van der Waals surface area contributed by atoms with E-state index < -0.39 is 0 Å². The molecule has 2 aromatic heterocycles. The van der Waals surface area contributed by atoms with Crippen LogP contribution < -0.4 is 5.32 Å². The fraction of sp³-hybridized carbons (Fsp3) is 0.500. The number of hydrogen-bond acceptors (Lipinski definition) is 5. The molecule has 0 spiro atoms. The van der Waals surface area contributed by atoms with Crippen LogP contribution in [0.5, 0.6) is 0 Å². The smallest absolute Gasteiger partial charge is 0.253 e. The second kappa shape index (κ2) is 10.0. The summed E-state index contributed by atoms with van der Waals surface area (Å²) in [6, 6.07) is 12.5.